The fraction of sp³-hybridized carbons (Fsp3) is 0.391. The van der Waals surface area contributed by atoms with E-state index < -0.39 is 11.9 Å². The molecule has 0 bridgehead atoms. The summed E-state index contributed by atoms with van der Waals surface area (Å²) in [6.07, 6.45) is 3.66. The molecule has 2 saturated carbocycles. The van der Waals surface area contributed by atoms with Gasteiger partial charge in [-0.3, -0.25) is 19.4 Å². The van der Waals surface area contributed by atoms with Crippen LogP contribution in [0.3, 0.4) is 0 Å². The number of amides is 3. The van der Waals surface area contributed by atoms with Gasteiger partial charge in [0.15, 0.2) is 18.2 Å². The van der Waals surface area contributed by atoms with E-state index in [0.29, 0.717) is 12.1 Å². The summed E-state index contributed by atoms with van der Waals surface area (Å²) in [7, 11) is 3.23. The third-order valence-electron chi connectivity index (χ3n) is 5.57. The number of imidazole rings is 1. The second kappa shape index (κ2) is 9.32. The van der Waals surface area contributed by atoms with Crippen molar-refractivity contribution < 1.29 is 23.5 Å². The molecule has 1 aromatic carbocycles. The third kappa shape index (κ3) is 5.14. The van der Waals surface area contributed by atoms with Crippen molar-refractivity contribution in [1.82, 2.24) is 14.9 Å². The monoisotopic (exact) mass is 453 g/mol. The van der Waals surface area contributed by atoms with Gasteiger partial charge < -0.3 is 14.6 Å². The first-order chi connectivity index (χ1) is 15.9. The van der Waals surface area contributed by atoms with E-state index >= 15 is 0 Å². The summed E-state index contributed by atoms with van der Waals surface area (Å²) in [5, 5.41) is 0. The lowest BCUT2D eigenvalue weighted by Gasteiger charge is -2.19. The maximum absolute atomic E-state index is 13.0. The summed E-state index contributed by atoms with van der Waals surface area (Å²) in [5.41, 5.74) is 0.697. The van der Waals surface area contributed by atoms with Gasteiger partial charge in [0, 0.05) is 31.9 Å². The minimum atomic E-state index is -0.654. The Balaban J connectivity index is 1.44. The number of hydrogen-bond donors (Lipinski definition) is 1. The molecule has 0 aliphatic heterocycles. The molecule has 33 heavy (non-hydrogen) atoms. The second-order valence-electron chi connectivity index (χ2n) is 8.07. The number of aromatic amines is 1. The lowest BCUT2D eigenvalue weighted by molar-refractivity contribution is -0.107. The number of nitrogens with one attached hydrogen (secondary N) is 1. The number of ether oxygens (including phenoxy) is 1. The van der Waals surface area contributed by atoms with Crippen molar-refractivity contribution in [2.24, 2.45) is 0 Å². The summed E-state index contributed by atoms with van der Waals surface area (Å²) in [5.74, 6) is 5.26. The minimum Gasteiger partial charge on any atom is -0.436 e. The van der Waals surface area contributed by atoms with Gasteiger partial charge in [-0.1, -0.05) is 5.92 Å². The van der Waals surface area contributed by atoms with Crippen LogP contribution in [-0.2, 0) is 9.53 Å². The van der Waals surface area contributed by atoms with E-state index in [1.165, 1.54) is 41.1 Å². The van der Waals surface area contributed by atoms with E-state index in [0.717, 1.165) is 25.7 Å². The molecule has 1 aromatic heterocycles. The van der Waals surface area contributed by atoms with Gasteiger partial charge >= 0.3 is 6.09 Å². The van der Waals surface area contributed by atoms with Crippen molar-refractivity contribution in [3.8, 4) is 11.8 Å². The van der Waals surface area contributed by atoms with Crippen molar-refractivity contribution in [3.63, 3.8) is 0 Å². The molecular formula is C23H24FN5O4. The van der Waals surface area contributed by atoms with E-state index in [-0.39, 0.29) is 41.9 Å². The predicted molar refractivity (Wildman–Crippen MR) is 118 cm³/mol. The fourth-order valence-electron chi connectivity index (χ4n) is 3.31. The van der Waals surface area contributed by atoms with E-state index in [9.17, 15) is 18.8 Å². The Morgan fingerprint density at radius 3 is 2.45 bits per heavy atom. The maximum atomic E-state index is 13.0. The number of benzene rings is 1. The molecule has 0 saturated heterocycles. The van der Waals surface area contributed by atoms with Crippen LogP contribution in [-0.4, -0.2) is 66.1 Å². The number of anilines is 2. The molecule has 0 radical (unpaired) electrons. The molecule has 2 aliphatic rings. The van der Waals surface area contributed by atoms with Crippen LogP contribution in [0.15, 0.2) is 24.3 Å². The van der Waals surface area contributed by atoms with Crippen LogP contribution in [0.1, 0.15) is 42.0 Å². The Hall–Kier alpha value is -3.87. The molecule has 10 heteroatoms. The molecule has 4 rings (SSSR count). The number of hydrogen-bond acceptors (Lipinski definition) is 5. The Morgan fingerprint density at radius 2 is 1.85 bits per heavy atom. The average Bonchev–Trinajstić information content (AvgIpc) is 3.74. The largest absolute Gasteiger partial charge is 0.436 e. The fourth-order valence-corrected chi connectivity index (χ4v) is 3.31. The highest BCUT2D eigenvalue weighted by molar-refractivity contribution is 5.99. The van der Waals surface area contributed by atoms with Gasteiger partial charge in [0.05, 0.1) is 0 Å². The number of nitrogens with zero attached hydrogens (tertiary/aromatic N) is 4. The summed E-state index contributed by atoms with van der Waals surface area (Å²) in [6.45, 7) is -0.217. The molecule has 2 aliphatic carbocycles. The van der Waals surface area contributed by atoms with Gasteiger partial charge in [-0.25, -0.2) is 14.2 Å². The van der Waals surface area contributed by atoms with Crippen LogP contribution >= 0.6 is 0 Å². The Labute approximate surface area is 190 Å². The Bertz CT molecular complexity index is 1110. The Morgan fingerprint density at radius 1 is 1.18 bits per heavy atom. The highest BCUT2D eigenvalue weighted by Gasteiger charge is 2.37. The van der Waals surface area contributed by atoms with Crippen molar-refractivity contribution >= 4 is 29.9 Å². The van der Waals surface area contributed by atoms with Gasteiger partial charge in [-0.2, -0.15) is 0 Å². The number of carbonyl (C=O) groups is 3. The summed E-state index contributed by atoms with van der Waals surface area (Å²) < 4.78 is 18.2. The molecule has 2 fully saturated rings. The smallest absolute Gasteiger partial charge is 0.414 e. The number of halogens is 1. The highest BCUT2D eigenvalue weighted by Crippen LogP contribution is 2.33. The summed E-state index contributed by atoms with van der Waals surface area (Å²) >= 11 is 0. The molecule has 172 valence electrons. The van der Waals surface area contributed by atoms with Gasteiger partial charge in [-0.15, -0.1) is 0 Å². The first kappa shape index (κ1) is 22.3. The molecule has 3 amide bonds. The molecular weight excluding hydrogens is 429 g/mol. The minimum absolute atomic E-state index is 0.0346. The molecule has 1 heterocycles. The van der Waals surface area contributed by atoms with Crippen LogP contribution in [0, 0.1) is 17.7 Å². The van der Waals surface area contributed by atoms with Crippen LogP contribution in [0.5, 0.6) is 0 Å². The molecule has 0 atom stereocenters. The van der Waals surface area contributed by atoms with Crippen molar-refractivity contribution in [3.05, 3.63) is 41.6 Å². The summed E-state index contributed by atoms with van der Waals surface area (Å²) in [4.78, 5) is 48.4. The number of H-pyrrole nitrogens is 1. The van der Waals surface area contributed by atoms with Crippen LogP contribution in [0.2, 0.25) is 0 Å². The van der Waals surface area contributed by atoms with Crippen molar-refractivity contribution in [2.45, 2.75) is 37.8 Å². The zero-order valence-electron chi connectivity index (χ0n) is 18.4. The van der Waals surface area contributed by atoms with Crippen LogP contribution in [0.25, 0.3) is 0 Å². The molecule has 0 unspecified atom stereocenters. The maximum Gasteiger partial charge on any atom is 0.414 e. The highest BCUT2D eigenvalue weighted by atomic mass is 19.1. The third-order valence-corrected chi connectivity index (χ3v) is 5.57. The first-order valence-corrected chi connectivity index (χ1v) is 10.6. The van der Waals surface area contributed by atoms with Gasteiger partial charge in [0.2, 0.25) is 6.41 Å². The normalized spacial score (nSPS) is 14.6. The quantitative estimate of drug-likeness (QED) is 0.513. The molecule has 1 N–H and O–H groups in total. The predicted octanol–water partition coefficient (Wildman–Crippen LogP) is 2.53. The van der Waals surface area contributed by atoms with E-state index in [1.807, 2.05) is 0 Å². The summed E-state index contributed by atoms with van der Waals surface area (Å²) in [6, 6.07) is 5.65. The molecule has 9 nitrogen and oxygen atoms in total. The zero-order valence-corrected chi connectivity index (χ0v) is 18.4. The number of carbonyl (C=O) groups excluding carboxylic acids is 3. The second-order valence-corrected chi connectivity index (χ2v) is 8.07. The first-order valence-electron chi connectivity index (χ1n) is 10.6. The number of aromatic nitrogens is 2. The lowest BCUT2D eigenvalue weighted by atomic mass is 10.3. The topological polar surface area (TPSA) is 98.8 Å². The van der Waals surface area contributed by atoms with E-state index in [4.69, 9.17) is 4.74 Å². The van der Waals surface area contributed by atoms with Gasteiger partial charge in [0.1, 0.15) is 11.5 Å². The van der Waals surface area contributed by atoms with Gasteiger partial charge in [-0.05, 0) is 55.9 Å². The number of rotatable bonds is 7. The molecule has 0 spiro atoms. The average molecular weight is 453 g/mol. The SMILES string of the molecule is CN(C(=O)OCC#Cc1nc(N(C=O)C2CC2)c(C(=O)N(C)C2CC2)[nH]1)c1ccc(F)cc1. The van der Waals surface area contributed by atoms with Crippen molar-refractivity contribution in [1.29, 1.82) is 0 Å². The van der Waals surface area contributed by atoms with E-state index in [1.54, 1.807) is 11.9 Å². The standard InChI is InChI=1S/C23H24FN5O4/c1-27(16-9-10-16)22(31)20-21(29(14-30)18-11-12-18)26-19(25-20)4-3-13-33-23(32)28(2)17-7-5-15(24)6-8-17/h5-8,14,16,18H,9-13H2,1-2H3,(H,25,26). The Kier molecular flexibility index (Phi) is 6.31. The lowest BCUT2D eigenvalue weighted by Crippen LogP contribution is -2.32. The van der Waals surface area contributed by atoms with Crippen molar-refractivity contribution in [2.75, 3.05) is 30.5 Å². The van der Waals surface area contributed by atoms with Crippen LogP contribution in [0.4, 0.5) is 20.7 Å². The van der Waals surface area contributed by atoms with E-state index in [2.05, 4.69) is 21.8 Å². The zero-order chi connectivity index (χ0) is 23.5. The van der Waals surface area contributed by atoms with Gasteiger partial charge in [0.25, 0.3) is 5.91 Å². The van der Waals surface area contributed by atoms with Crippen LogP contribution < -0.4 is 9.80 Å². The molecule has 2 aromatic rings.